The molecule has 0 aliphatic carbocycles. The highest BCUT2D eigenvalue weighted by Crippen LogP contribution is 2.24. The first-order valence-corrected chi connectivity index (χ1v) is 9.95. The van der Waals surface area contributed by atoms with E-state index in [0.717, 1.165) is 5.56 Å². The van der Waals surface area contributed by atoms with E-state index in [9.17, 15) is 8.42 Å². The minimum absolute atomic E-state index is 0.0772. The molecule has 0 saturated carbocycles. The molecule has 2 rings (SSSR count). The molecule has 0 bridgehead atoms. The van der Waals surface area contributed by atoms with Crippen LogP contribution in [0.3, 0.4) is 0 Å². The summed E-state index contributed by atoms with van der Waals surface area (Å²) in [5.41, 5.74) is 2.91. The Hall–Kier alpha value is -1.36. The quantitative estimate of drug-likeness (QED) is 0.825. The smallest absolute Gasteiger partial charge is 0.212 e. The fourth-order valence-corrected chi connectivity index (χ4v) is 4.09. The molecule has 0 unspecified atom stereocenters. The highest BCUT2D eigenvalue weighted by molar-refractivity contribution is 7.88. The zero-order valence-corrected chi connectivity index (χ0v) is 16.1. The van der Waals surface area contributed by atoms with Crippen molar-refractivity contribution in [3.63, 3.8) is 0 Å². The predicted molar refractivity (Wildman–Crippen MR) is 101 cm³/mol. The Kier molecular flexibility index (Phi) is 5.74. The van der Waals surface area contributed by atoms with Crippen LogP contribution in [0.15, 0.2) is 48.5 Å². The average Bonchev–Trinajstić information content (AvgIpc) is 2.45. The third-order valence-corrected chi connectivity index (χ3v) is 5.54. The minimum Gasteiger partial charge on any atom is -0.212 e. The summed E-state index contributed by atoms with van der Waals surface area (Å²) in [7, 11) is -3.45. The Morgan fingerprint density at radius 3 is 2.25 bits per heavy atom. The van der Waals surface area contributed by atoms with Crippen LogP contribution in [0.2, 0.25) is 5.02 Å². The van der Waals surface area contributed by atoms with Crippen LogP contribution in [-0.2, 0) is 21.2 Å². The first-order chi connectivity index (χ1) is 11.1. The number of hydrogen-bond acceptors (Lipinski definition) is 2. The SMILES string of the molecule is C[C@@H](NS(=O)(=O)Cc1cccc(Cl)c1)c1ccc(C(C)(C)C)cc1. The van der Waals surface area contributed by atoms with Gasteiger partial charge in [-0.3, -0.25) is 0 Å². The second kappa shape index (κ2) is 7.26. The molecule has 0 aliphatic heterocycles. The summed E-state index contributed by atoms with van der Waals surface area (Å²) in [6.07, 6.45) is 0. The lowest BCUT2D eigenvalue weighted by Gasteiger charge is -2.20. The van der Waals surface area contributed by atoms with E-state index in [4.69, 9.17) is 11.6 Å². The minimum atomic E-state index is -3.45. The van der Waals surface area contributed by atoms with Crippen LogP contribution in [0.5, 0.6) is 0 Å². The molecule has 1 N–H and O–H groups in total. The van der Waals surface area contributed by atoms with Gasteiger partial charge < -0.3 is 0 Å². The molecule has 0 radical (unpaired) electrons. The molecule has 2 aromatic carbocycles. The predicted octanol–water partition coefficient (Wildman–Crippen LogP) is 4.82. The summed E-state index contributed by atoms with van der Waals surface area (Å²) in [5.74, 6) is -0.0853. The lowest BCUT2D eigenvalue weighted by Crippen LogP contribution is -2.28. The van der Waals surface area contributed by atoms with Crippen molar-refractivity contribution in [1.29, 1.82) is 0 Å². The number of benzene rings is 2. The number of rotatable bonds is 5. The van der Waals surface area contributed by atoms with Gasteiger partial charge >= 0.3 is 0 Å². The van der Waals surface area contributed by atoms with Gasteiger partial charge in [0.1, 0.15) is 0 Å². The van der Waals surface area contributed by atoms with Gasteiger partial charge in [-0.2, -0.15) is 0 Å². The van der Waals surface area contributed by atoms with E-state index in [1.807, 2.05) is 19.1 Å². The first-order valence-electron chi connectivity index (χ1n) is 7.92. The third-order valence-electron chi connectivity index (χ3n) is 3.88. The zero-order valence-electron chi connectivity index (χ0n) is 14.5. The van der Waals surface area contributed by atoms with Crippen LogP contribution < -0.4 is 4.72 Å². The topological polar surface area (TPSA) is 46.2 Å². The summed E-state index contributed by atoms with van der Waals surface area (Å²) in [4.78, 5) is 0. The van der Waals surface area contributed by atoms with Crippen molar-refractivity contribution in [2.75, 3.05) is 0 Å². The van der Waals surface area contributed by atoms with Crippen LogP contribution in [0.1, 0.15) is 50.4 Å². The van der Waals surface area contributed by atoms with E-state index in [1.165, 1.54) is 5.56 Å². The largest absolute Gasteiger partial charge is 0.216 e. The van der Waals surface area contributed by atoms with Crippen LogP contribution in [-0.4, -0.2) is 8.42 Å². The molecular formula is C19H24ClNO2S. The maximum atomic E-state index is 12.4. The second-order valence-electron chi connectivity index (χ2n) is 7.10. The van der Waals surface area contributed by atoms with Gasteiger partial charge in [0, 0.05) is 11.1 Å². The number of halogens is 1. The zero-order chi connectivity index (χ0) is 18.0. The standard InChI is InChI=1S/C19H24ClNO2S/c1-14(16-8-10-17(11-9-16)19(2,3)4)21-24(22,23)13-15-6-5-7-18(20)12-15/h5-12,14,21H,13H2,1-4H3/t14-/m1/s1. The molecule has 0 spiro atoms. The van der Waals surface area contributed by atoms with Crippen molar-refractivity contribution in [3.05, 3.63) is 70.2 Å². The van der Waals surface area contributed by atoms with E-state index >= 15 is 0 Å². The van der Waals surface area contributed by atoms with Crippen molar-refractivity contribution in [2.45, 2.75) is 44.9 Å². The van der Waals surface area contributed by atoms with Crippen LogP contribution in [0.4, 0.5) is 0 Å². The van der Waals surface area contributed by atoms with Gasteiger partial charge in [-0.05, 0) is 41.2 Å². The molecule has 0 amide bonds. The van der Waals surface area contributed by atoms with Gasteiger partial charge in [0.15, 0.2) is 0 Å². The molecule has 0 fully saturated rings. The van der Waals surface area contributed by atoms with Gasteiger partial charge in [-0.25, -0.2) is 13.1 Å². The Bertz CT molecular complexity index is 793. The molecule has 5 heteroatoms. The lowest BCUT2D eigenvalue weighted by atomic mass is 9.86. The fraction of sp³-hybridized carbons (Fsp3) is 0.368. The molecule has 3 nitrogen and oxygen atoms in total. The Balaban J connectivity index is 2.09. The molecule has 130 valence electrons. The average molecular weight is 366 g/mol. The van der Waals surface area contributed by atoms with Crippen molar-refractivity contribution in [3.8, 4) is 0 Å². The molecule has 1 atom stereocenters. The highest BCUT2D eigenvalue weighted by Gasteiger charge is 2.18. The van der Waals surface area contributed by atoms with Gasteiger partial charge in [-0.1, -0.05) is 68.8 Å². The highest BCUT2D eigenvalue weighted by atomic mass is 35.5. The van der Waals surface area contributed by atoms with E-state index in [1.54, 1.807) is 24.3 Å². The molecule has 0 heterocycles. The van der Waals surface area contributed by atoms with Crippen molar-refractivity contribution < 1.29 is 8.42 Å². The van der Waals surface area contributed by atoms with Gasteiger partial charge in [0.2, 0.25) is 10.0 Å². The maximum Gasteiger partial charge on any atom is 0.216 e. The number of hydrogen-bond donors (Lipinski definition) is 1. The second-order valence-corrected chi connectivity index (χ2v) is 9.29. The molecule has 0 saturated heterocycles. The Labute approximate surface area is 150 Å². The molecule has 2 aromatic rings. The van der Waals surface area contributed by atoms with Crippen molar-refractivity contribution in [2.24, 2.45) is 0 Å². The molecular weight excluding hydrogens is 342 g/mol. The summed E-state index contributed by atoms with van der Waals surface area (Å²) >= 11 is 5.91. The monoisotopic (exact) mass is 365 g/mol. The van der Waals surface area contributed by atoms with Crippen molar-refractivity contribution >= 4 is 21.6 Å². The van der Waals surface area contributed by atoms with Crippen LogP contribution in [0.25, 0.3) is 0 Å². The number of sulfonamides is 1. The summed E-state index contributed by atoms with van der Waals surface area (Å²) in [6, 6.07) is 14.7. The van der Waals surface area contributed by atoms with E-state index < -0.39 is 10.0 Å². The number of nitrogens with one attached hydrogen (secondary N) is 1. The van der Waals surface area contributed by atoms with Gasteiger partial charge in [0.05, 0.1) is 5.75 Å². The van der Waals surface area contributed by atoms with Gasteiger partial charge in [0.25, 0.3) is 0 Å². The Morgan fingerprint density at radius 1 is 1.08 bits per heavy atom. The van der Waals surface area contributed by atoms with Gasteiger partial charge in [-0.15, -0.1) is 0 Å². The molecule has 0 aromatic heterocycles. The summed E-state index contributed by atoms with van der Waals surface area (Å²) in [6.45, 7) is 8.30. The normalized spacial score (nSPS) is 13.7. The third kappa shape index (κ3) is 5.33. The Morgan fingerprint density at radius 2 is 1.71 bits per heavy atom. The van der Waals surface area contributed by atoms with E-state index in [2.05, 4.69) is 37.6 Å². The lowest BCUT2D eigenvalue weighted by molar-refractivity contribution is 0.565. The summed E-state index contributed by atoms with van der Waals surface area (Å²) < 4.78 is 27.5. The first kappa shape index (κ1) is 19.0. The fourth-order valence-electron chi connectivity index (χ4n) is 2.50. The van der Waals surface area contributed by atoms with Crippen LogP contribution >= 0.6 is 11.6 Å². The molecule has 0 aliphatic rings. The maximum absolute atomic E-state index is 12.4. The van der Waals surface area contributed by atoms with E-state index in [-0.39, 0.29) is 17.2 Å². The molecule has 24 heavy (non-hydrogen) atoms. The van der Waals surface area contributed by atoms with Crippen molar-refractivity contribution in [1.82, 2.24) is 4.72 Å². The van der Waals surface area contributed by atoms with E-state index in [0.29, 0.717) is 10.6 Å². The van der Waals surface area contributed by atoms with Crippen LogP contribution in [0, 0.1) is 0 Å². The summed E-state index contributed by atoms with van der Waals surface area (Å²) in [5, 5.41) is 0.536.